The normalized spacial score (nSPS) is 13.9. The third-order valence-electron chi connectivity index (χ3n) is 2.76. The molecule has 0 spiro atoms. The Morgan fingerprint density at radius 1 is 1.50 bits per heavy atom. The van der Waals surface area contributed by atoms with Crippen molar-refractivity contribution in [3.8, 4) is 6.07 Å². The fourth-order valence-corrected chi connectivity index (χ4v) is 2.23. The Morgan fingerprint density at radius 3 is 2.89 bits per heavy atom. The molecule has 18 heavy (non-hydrogen) atoms. The summed E-state index contributed by atoms with van der Waals surface area (Å²) in [7, 11) is 0. The van der Waals surface area contributed by atoms with Crippen molar-refractivity contribution in [1.29, 1.82) is 5.26 Å². The van der Waals surface area contributed by atoms with Crippen LogP contribution in [0, 0.1) is 11.3 Å². The molecule has 2 unspecified atom stereocenters. The summed E-state index contributed by atoms with van der Waals surface area (Å²) in [6.45, 7) is 1.90. The molecule has 4 nitrogen and oxygen atoms in total. The number of hydrogen-bond donors (Lipinski definition) is 1. The Hall–Kier alpha value is -1.83. The second-order valence-electron chi connectivity index (χ2n) is 4.13. The van der Waals surface area contributed by atoms with Gasteiger partial charge in [-0.3, -0.25) is 0 Å². The summed E-state index contributed by atoms with van der Waals surface area (Å²) < 4.78 is 1.77. The Morgan fingerprint density at radius 2 is 2.28 bits per heavy atom. The molecule has 0 bridgehead atoms. The maximum absolute atomic E-state index is 9.04. The molecule has 2 rings (SSSR count). The molecule has 0 radical (unpaired) electrons. The number of benzene rings is 1. The molecule has 1 aromatic carbocycles. The number of nitrogens with two attached hydrogens (primary N) is 1. The minimum Gasteiger partial charge on any atom is -0.326 e. The summed E-state index contributed by atoms with van der Waals surface area (Å²) in [5, 5.41) is 9.69. The van der Waals surface area contributed by atoms with Gasteiger partial charge in [-0.2, -0.15) is 5.26 Å². The molecule has 0 saturated heterocycles. The highest BCUT2D eigenvalue weighted by molar-refractivity contribution is 6.30. The third kappa shape index (κ3) is 2.37. The molecule has 92 valence electrons. The van der Waals surface area contributed by atoms with Gasteiger partial charge in [-0.25, -0.2) is 4.98 Å². The fourth-order valence-electron chi connectivity index (χ4n) is 2.03. The summed E-state index contributed by atoms with van der Waals surface area (Å²) in [6, 6.07) is 9.23. The zero-order valence-corrected chi connectivity index (χ0v) is 10.7. The lowest BCUT2D eigenvalue weighted by atomic mass is 10.0. The Balaban J connectivity index is 2.51. The predicted molar refractivity (Wildman–Crippen MR) is 70.2 cm³/mol. The van der Waals surface area contributed by atoms with Gasteiger partial charge in [0, 0.05) is 23.5 Å². The summed E-state index contributed by atoms with van der Waals surface area (Å²) in [5.41, 5.74) is 7.00. The van der Waals surface area contributed by atoms with E-state index in [1.165, 1.54) is 0 Å². The van der Waals surface area contributed by atoms with Crippen LogP contribution in [-0.2, 0) is 0 Å². The average molecular weight is 261 g/mol. The SMILES string of the molecule is CC(N)C(c1cccc(Cl)c1)n1ccnc1C#N. The van der Waals surface area contributed by atoms with Gasteiger partial charge < -0.3 is 10.3 Å². The van der Waals surface area contributed by atoms with E-state index in [1.54, 1.807) is 17.0 Å². The molecule has 1 aromatic heterocycles. The van der Waals surface area contributed by atoms with E-state index in [4.69, 9.17) is 22.6 Å². The van der Waals surface area contributed by atoms with Gasteiger partial charge >= 0.3 is 0 Å². The van der Waals surface area contributed by atoms with E-state index in [2.05, 4.69) is 11.1 Å². The lowest BCUT2D eigenvalue weighted by Gasteiger charge is -2.23. The highest BCUT2D eigenvalue weighted by Gasteiger charge is 2.20. The first kappa shape index (κ1) is 12.6. The molecule has 0 aliphatic heterocycles. The number of rotatable bonds is 3. The predicted octanol–water partition coefficient (Wildman–Crippen LogP) is 2.34. The van der Waals surface area contributed by atoms with Gasteiger partial charge in [-0.15, -0.1) is 0 Å². The molecule has 0 fully saturated rings. The van der Waals surface area contributed by atoms with Crippen molar-refractivity contribution >= 4 is 11.6 Å². The lowest BCUT2D eigenvalue weighted by molar-refractivity contribution is 0.492. The summed E-state index contributed by atoms with van der Waals surface area (Å²) in [6.07, 6.45) is 3.35. The van der Waals surface area contributed by atoms with Gasteiger partial charge in [-0.1, -0.05) is 23.7 Å². The summed E-state index contributed by atoms with van der Waals surface area (Å²) in [4.78, 5) is 4.00. The van der Waals surface area contributed by atoms with Crippen LogP contribution in [0.3, 0.4) is 0 Å². The number of nitrogens with zero attached hydrogens (tertiary/aromatic N) is 3. The minimum atomic E-state index is -0.162. The molecule has 0 amide bonds. The molecule has 0 aliphatic carbocycles. The van der Waals surface area contributed by atoms with E-state index < -0.39 is 0 Å². The quantitative estimate of drug-likeness (QED) is 0.921. The topological polar surface area (TPSA) is 67.6 Å². The van der Waals surface area contributed by atoms with Crippen molar-refractivity contribution in [2.45, 2.75) is 19.0 Å². The molecule has 2 aromatic rings. The van der Waals surface area contributed by atoms with Crippen molar-refractivity contribution in [2.24, 2.45) is 5.73 Å². The Kier molecular flexibility index (Phi) is 3.66. The minimum absolute atomic E-state index is 0.152. The first-order valence-electron chi connectivity index (χ1n) is 5.57. The second kappa shape index (κ2) is 5.21. The van der Waals surface area contributed by atoms with E-state index in [9.17, 15) is 0 Å². The number of imidazole rings is 1. The van der Waals surface area contributed by atoms with Gasteiger partial charge in [0.1, 0.15) is 6.07 Å². The van der Waals surface area contributed by atoms with Gasteiger partial charge in [0.05, 0.1) is 6.04 Å². The van der Waals surface area contributed by atoms with Gasteiger partial charge in [0.25, 0.3) is 0 Å². The number of aromatic nitrogens is 2. The number of halogens is 1. The zero-order chi connectivity index (χ0) is 13.1. The van der Waals surface area contributed by atoms with Gasteiger partial charge in [-0.05, 0) is 24.6 Å². The largest absolute Gasteiger partial charge is 0.326 e. The van der Waals surface area contributed by atoms with E-state index in [-0.39, 0.29) is 12.1 Å². The Bertz CT molecular complexity index is 583. The van der Waals surface area contributed by atoms with Crippen molar-refractivity contribution in [1.82, 2.24) is 9.55 Å². The van der Waals surface area contributed by atoms with Gasteiger partial charge in [0.2, 0.25) is 5.82 Å². The van der Waals surface area contributed by atoms with E-state index >= 15 is 0 Å². The molecular weight excluding hydrogens is 248 g/mol. The zero-order valence-electron chi connectivity index (χ0n) is 9.92. The molecular formula is C13H13ClN4. The first-order valence-corrected chi connectivity index (χ1v) is 5.95. The average Bonchev–Trinajstić information content (AvgIpc) is 2.77. The smallest absolute Gasteiger partial charge is 0.213 e. The van der Waals surface area contributed by atoms with E-state index in [0.717, 1.165) is 5.56 Å². The Labute approximate surface area is 111 Å². The van der Waals surface area contributed by atoms with E-state index in [1.807, 2.05) is 31.2 Å². The van der Waals surface area contributed by atoms with Crippen LogP contribution in [0.2, 0.25) is 5.02 Å². The monoisotopic (exact) mass is 260 g/mol. The van der Waals surface area contributed by atoms with Crippen molar-refractivity contribution in [3.63, 3.8) is 0 Å². The first-order chi connectivity index (χ1) is 8.63. The standard InChI is InChI=1S/C13H13ClN4/c1-9(16)13(10-3-2-4-11(14)7-10)18-6-5-17-12(18)8-15/h2-7,9,13H,16H2,1H3. The van der Waals surface area contributed by atoms with Crippen molar-refractivity contribution in [2.75, 3.05) is 0 Å². The van der Waals surface area contributed by atoms with Crippen LogP contribution >= 0.6 is 11.6 Å². The molecule has 0 saturated carbocycles. The second-order valence-corrected chi connectivity index (χ2v) is 4.57. The van der Waals surface area contributed by atoms with Crippen LogP contribution in [0.25, 0.3) is 0 Å². The number of hydrogen-bond acceptors (Lipinski definition) is 3. The molecule has 5 heteroatoms. The van der Waals surface area contributed by atoms with Crippen molar-refractivity contribution < 1.29 is 0 Å². The lowest BCUT2D eigenvalue weighted by Crippen LogP contribution is -2.30. The third-order valence-corrected chi connectivity index (χ3v) is 2.99. The van der Waals surface area contributed by atoms with Crippen LogP contribution in [0.5, 0.6) is 0 Å². The van der Waals surface area contributed by atoms with Gasteiger partial charge in [0.15, 0.2) is 0 Å². The highest BCUT2D eigenvalue weighted by atomic mass is 35.5. The molecule has 1 heterocycles. The summed E-state index contributed by atoms with van der Waals surface area (Å²) in [5.74, 6) is 0.345. The van der Waals surface area contributed by atoms with Crippen LogP contribution < -0.4 is 5.73 Å². The maximum Gasteiger partial charge on any atom is 0.213 e. The fraction of sp³-hybridized carbons (Fsp3) is 0.231. The van der Waals surface area contributed by atoms with Crippen LogP contribution in [0.15, 0.2) is 36.7 Å². The van der Waals surface area contributed by atoms with Crippen LogP contribution in [0.4, 0.5) is 0 Å². The van der Waals surface area contributed by atoms with Crippen LogP contribution in [0.1, 0.15) is 24.4 Å². The molecule has 2 N–H and O–H groups in total. The highest BCUT2D eigenvalue weighted by Crippen LogP contribution is 2.24. The summed E-state index contributed by atoms with van der Waals surface area (Å²) >= 11 is 6.00. The molecule has 0 aliphatic rings. The van der Waals surface area contributed by atoms with E-state index in [0.29, 0.717) is 10.8 Å². The molecule has 2 atom stereocenters. The number of nitriles is 1. The van der Waals surface area contributed by atoms with Crippen LogP contribution in [-0.4, -0.2) is 15.6 Å². The maximum atomic E-state index is 9.04. The van der Waals surface area contributed by atoms with Crippen molar-refractivity contribution in [3.05, 3.63) is 53.1 Å².